The van der Waals surface area contributed by atoms with Gasteiger partial charge in [-0.2, -0.15) is 4.99 Å². The molecule has 2 aromatic carbocycles. The molecular weight excluding hydrogens is 306 g/mol. The van der Waals surface area contributed by atoms with E-state index in [0.717, 1.165) is 21.5 Å². The van der Waals surface area contributed by atoms with Crippen LogP contribution in [0.2, 0.25) is 0 Å². The molecule has 0 atom stereocenters. The Hall–Kier alpha value is -3.32. The number of aliphatic imine (C=N–C) groups is 1. The Bertz CT molecular complexity index is 897. The number of benzene rings is 2. The van der Waals surface area contributed by atoms with Crippen LogP contribution < -0.4 is 16.4 Å². The summed E-state index contributed by atoms with van der Waals surface area (Å²) in [4.78, 5) is 17.7. The van der Waals surface area contributed by atoms with Crippen LogP contribution in [0.25, 0.3) is 10.8 Å². The van der Waals surface area contributed by atoms with Crippen molar-refractivity contribution < 1.29 is 10.0 Å². The molecular formula is C17H17N5O2. The second kappa shape index (κ2) is 6.05. The van der Waals surface area contributed by atoms with Crippen LogP contribution in [0.4, 0.5) is 5.69 Å². The molecule has 0 saturated carbocycles. The number of hydroxylamine groups is 2. The van der Waals surface area contributed by atoms with Crippen LogP contribution in [0.5, 0.6) is 0 Å². The number of hydrogen-bond acceptors (Lipinski definition) is 4. The van der Waals surface area contributed by atoms with E-state index >= 15 is 0 Å². The van der Waals surface area contributed by atoms with Gasteiger partial charge in [0.25, 0.3) is 5.91 Å². The van der Waals surface area contributed by atoms with Gasteiger partial charge < -0.3 is 16.4 Å². The van der Waals surface area contributed by atoms with Crippen LogP contribution in [-0.4, -0.2) is 22.1 Å². The molecule has 122 valence electrons. The molecule has 24 heavy (non-hydrogen) atoms. The lowest BCUT2D eigenvalue weighted by molar-refractivity contribution is -0.00550. The second-order valence-electron chi connectivity index (χ2n) is 5.34. The zero-order valence-corrected chi connectivity index (χ0v) is 13.0. The number of nitrogens with zero attached hydrogens (tertiary/aromatic N) is 3. The number of allylic oxidation sites excluding steroid dienone is 1. The normalized spacial score (nSPS) is 13.8. The molecule has 0 spiro atoms. The number of fused-ring (bicyclic) bond motifs is 1. The van der Waals surface area contributed by atoms with Gasteiger partial charge in [-0.15, -0.1) is 0 Å². The summed E-state index contributed by atoms with van der Waals surface area (Å²) >= 11 is 0. The number of hydrogen-bond donors (Lipinski definition) is 3. The number of carbonyl (C=O) groups is 1. The monoisotopic (exact) mass is 323 g/mol. The number of carbonyl (C=O) groups excluding carboxylic acids is 1. The first kappa shape index (κ1) is 15.6. The first-order chi connectivity index (χ1) is 11.5. The van der Waals surface area contributed by atoms with Gasteiger partial charge in [-0.05, 0) is 24.4 Å². The maximum atomic E-state index is 12.2. The number of amides is 1. The molecule has 0 unspecified atom stereocenters. The van der Waals surface area contributed by atoms with Crippen molar-refractivity contribution in [3.8, 4) is 0 Å². The van der Waals surface area contributed by atoms with Crippen LogP contribution in [0.1, 0.15) is 17.3 Å². The molecule has 0 saturated heterocycles. The van der Waals surface area contributed by atoms with E-state index in [9.17, 15) is 10.0 Å². The summed E-state index contributed by atoms with van der Waals surface area (Å²) in [5, 5.41) is 12.3. The predicted molar refractivity (Wildman–Crippen MR) is 93.1 cm³/mol. The van der Waals surface area contributed by atoms with Gasteiger partial charge >= 0.3 is 0 Å². The van der Waals surface area contributed by atoms with Crippen molar-refractivity contribution in [3.63, 3.8) is 0 Å². The predicted octanol–water partition coefficient (Wildman–Crippen LogP) is 2.10. The highest BCUT2D eigenvalue weighted by atomic mass is 16.5. The molecule has 1 amide bonds. The van der Waals surface area contributed by atoms with Crippen LogP contribution in [0.3, 0.4) is 0 Å². The van der Waals surface area contributed by atoms with E-state index in [1.807, 2.05) is 29.2 Å². The van der Waals surface area contributed by atoms with Gasteiger partial charge in [0.05, 0.1) is 11.4 Å². The molecule has 1 aliphatic rings. The fraction of sp³-hybridized carbons (Fsp3) is 0.0588. The molecule has 0 radical (unpaired) electrons. The van der Waals surface area contributed by atoms with E-state index in [4.69, 9.17) is 11.5 Å². The van der Waals surface area contributed by atoms with E-state index in [-0.39, 0.29) is 5.96 Å². The summed E-state index contributed by atoms with van der Waals surface area (Å²) in [6.45, 7) is 1.79. The highest BCUT2D eigenvalue weighted by Gasteiger charge is 2.15. The van der Waals surface area contributed by atoms with Crippen LogP contribution in [0, 0.1) is 0 Å². The van der Waals surface area contributed by atoms with Gasteiger partial charge in [0, 0.05) is 29.5 Å². The highest BCUT2D eigenvalue weighted by molar-refractivity contribution is 6.12. The number of anilines is 1. The van der Waals surface area contributed by atoms with Gasteiger partial charge in [-0.3, -0.25) is 10.0 Å². The summed E-state index contributed by atoms with van der Waals surface area (Å²) in [6.07, 6.45) is 5.06. The minimum atomic E-state index is -0.486. The average molecular weight is 323 g/mol. The molecule has 0 aliphatic carbocycles. The molecule has 5 N–H and O–H groups in total. The van der Waals surface area contributed by atoms with Crippen molar-refractivity contribution in [2.45, 2.75) is 6.92 Å². The first-order valence-electron chi connectivity index (χ1n) is 7.26. The third kappa shape index (κ3) is 2.80. The quantitative estimate of drug-likeness (QED) is 0.577. The second-order valence-corrected chi connectivity index (χ2v) is 5.34. The Balaban J connectivity index is 2.14. The van der Waals surface area contributed by atoms with Crippen molar-refractivity contribution >= 4 is 28.3 Å². The fourth-order valence-corrected chi connectivity index (χ4v) is 2.59. The standard InChI is InChI=1S/C17H17N5O2/c1-11-10-21(8-9-22(11)24)15-7-3-4-12-13(15)5-2-6-14(12)16(23)20-17(18)19/h2-10,24H,1H3,(H4,18,19,20,23). The Kier molecular flexibility index (Phi) is 3.93. The van der Waals surface area contributed by atoms with Gasteiger partial charge in [-0.25, -0.2) is 5.06 Å². The van der Waals surface area contributed by atoms with Crippen molar-refractivity contribution in [2.75, 3.05) is 4.90 Å². The lowest BCUT2D eigenvalue weighted by atomic mass is 10.0. The van der Waals surface area contributed by atoms with Crippen LogP contribution in [-0.2, 0) is 0 Å². The van der Waals surface area contributed by atoms with E-state index < -0.39 is 5.91 Å². The highest BCUT2D eigenvalue weighted by Crippen LogP contribution is 2.31. The minimum absolute atomic E-state index is 0.270. The number of guanidine groups is 1. The fourth-order valence-electron chi connectivity index (χ4n) is 2.59. The molecule has 0 bridgehead atoms. The van der Waals surface area contributed by atoms with Gasteiger partial charge in [-0.1, -0.05) is 24.3 Å². The molecule has 0 aromatic heterocycles. The smallest absolute Gasteiger partial charge is 0.280 e. The summed E-state index contributed by atoms with van der Waals surface area (Å²) < 4.78 is 0. The summed E-state index contributed by atoms with van der Waals surface area (Å²) in [5.74, 6) is -0.756. The Morgan fingerprint density at radius 2 is 1.79 bits per heavy atom. The maximum Gasteiger partial charge on any atom is 0.280 e. The average Bonchev–Trinajstić information content (AvgIpc) is 2.55. The zero-order chi connectivity index (χ0) is 17.3. The molecule has 0 fully saturated rings. The Morgan fingerprint density at radius 3 is 2.50 bits per heavy atom. The van der Waals surface area contributed by atoms with E-state index in [0.29, 0.717) is 11.3 Å². The Labute approximate surface area is 138 Å². The van der Waals surface area contributed by atoms with E-state index in [1.54, 1.807) is 37.7 Å². The molecule has 3 rings (SSSR count). The lowest BCUT2D eigenvalue weighted by Gasteiger charge is -2.26. The Morgan fingerprint density at radius 1 is 1.08 bits per heavy atom. The number of rotatable bonds is 2. The maximum absolute atomic E-state index is 12.2. The molecule has 7 heteroatoms. The number of nitrogens with two attached hydrogens (primary N) is 2. The summed E-state index contributed by atoms with van der Waals surface area (Å²) in [5.41, 5.74) is 12.6. The largest absolute Gasteiger partial charge is 0.370 e. The van der Waals surface area contributed by atoms with E-state index in [2.05, 4.69) is 4.99 Å². The van der Waals surface area contributed by atoms with Crippen LogP contribution in [0.15, 0.2) is 65.7 Å². The van der Waals surface area contributed by atoms with Crippen molar-refractivity contribution in [1.29, 1.82) is 0 Å². The lowest BCUT2D eigenvalue weighted by Crippen LogP contribution is -2.24. The minimum Gasteiger partial charge on any atom is -0.370 e. The zero-order valence-electron chi connectivity index (χ0n) is 13.0. The SMILES string of the molecule is CC1=CN(c2cccc3c(C(=O)N=C(N)N)cccc23)C=CN1O. The van der Waals surface area contributed by atoms with Crippen molar-refractivity contribution in [2.24, 2.45) is 16.5 Å². The van der Waals surface area contributed by atoms with Crippen molar-refractivity contribution in [1.82, 2.24) is 5.06 Å². The van der Waals surface area contributed by atoms with E-state index in [1.165, 1.54) is 0 Å². The third-order valence-corrected chi connectivity index (χ3v) is 3.69. The van der Waals surface area contributed by atoms with Gasteiger partial charge in [0.15, 0.2) is 5.96 Å². The summed E-state index contributed by atoms with van der Waals surface area (Å²) in [7, 11) is 0. The molecule has 2 aromatic rings. The summed E-state index contributed by atoms with van der Waals surface area (Å²) in [6, 6.07) is 11.0. The van der Waals surface area contributed by atoms with Gasteiger partial charge in [0.1, 0.15) is 0 Å². The third-order valence-electron chi connectivity index (χ3n) is 3.69. The molecule has 1 heterocycles. The topological polar surface area (TPSA) is 108 Å². The van der Waals surface area contributed by atoms with Crippen LogP contribution >= 0.6 is 0 Å². The van der Waals surface area contributed by atoms with Gasteiger partial charge in [0.2, 0.25) is 0 Å². The first-order valence-corrected chi connectivity index (χ1v) is 7.26. The van der Waals surface area contributed by atoms with Crippen molar-refractivity contribution in [3.05, 3.63) is 66.3 Å². The molecule has 1 aliphatic heterocycles. The molecule has 7 nitrogen and oxygen atoms in total.